The Labute approximate surface area is 177 Å². The van der Waals surface area contributed by atoms with Crippen LogP contribution in [0.4, 0.5) is 4.79 Å². The molecule has 0 spiro atoms. The van der Waals surface area contributed by atoms with Crippen molar-refractivity contribution in [2.45, 2.75) is 58.8 Å². The molecule has 1 saturated heterocycles. The van der Waals surface area contributed by atoms with Gasteiger partial charge in [0.15, 0.2) is 6.10 Å². The molecule has 8 heteroatoms. The van der Waals surface area contributed by atoms with E-state index in [-0.39, 0.29) is 24.5 Å². The molecule has 1 atom stereocenters. The number of benzene rings is 1. The van der Waals surface area contributed by atoms with Gasteiger partial charge in [0.2, 0.25) is 0 Å². The number of para-hydroxylation sites is 1. The lowest BCUT2D eigenvalue weighted by atomic mass is 9.97. The van der Waals surface area contributed by atoms with Gasteiger partial charge in [-0.05, 0) is 46.6 Å². The molecule has 1 aromatic carbocycles. The number of ether oxygens (including phenoxy) is 3. The van der Waals surface area contributed by atoms with Gasteiger partial charge in [-0.2, -0.15) is 0 Å². The van der Waals surface area contributed by atoms with E-state index in [1.54, 1.807) is 18.9 Å². The second-order valence-corrected chi connectivity index (χ2v) is 8.35. The molecular formula is C22H32N2O6. The lowest BCUT2D eigenvalue weighted by Gasteiger charge is -2.32. The topological polar surface area (TPSA) is 94.2 Å². The Hall–Kier alpha value is -2.77. The van der Waals surface area contributed by atoms with Crippen molar-refractivity contribution < 1.29 is 28.6 Å². The summed E-state index contributed by atoms with van der Waals surface area (Å²) in [5, 5.41) is 2.76. The Balaban J connectivity index is 1.77. The van der Waals surface area contributed by atoms with Crippen LogP contribution in [0.3, 0.4) is 0 Å². The van der Waals surface area contributed by atoms with Crippen LogP contribution in [0.25, 0.3) is 0 Å². The Morgan fingerprint density at radius 3 is 2.40 bits per heavy atom. The summed E-state index contributed by atoms with van der Waals surface area (Å²) in [5.41, 5.74) is 0.278. The van der Waals surface area contributed by atoms with Crippen LogP contribution in [0.1, 0.15) is 46.1 Å². The Morgan fingerprint density at radius 2 is 1.80 bits per heavy atom. The minimum Gasteiger partial charge on any atom is -0.496 e. The van der Waals surface area contributed by atoms with Crippen molar-refractivity contribution in [2.24, 2.45) is 5.92 Å². The third kappa shape index (κ3) is 6.93. The van der Waals surface area contributed by atoms with Gasteiger partial charge in [0.1, 0.15) is 11.4 Å². The molecule has 30 heavy (non-hydrogen) atoms. The number of rotatable bonds is 6. The number of piperidine rings is 1. The first-order chi connectivity index (χ1) is 14.1. The van der Waals surface area contributed by atoms with Crippen LogP contribution < -0.4 is 10.1 Å². The molecule has 0 saturated carbocycles. The monoisotopic (exact) mass is 420 g/mol. The second-order valence-electron chi connectivity index (χ2n) is 8.35. The van der Waals surface area contributed by atoms with Gasteiger partial charge in [0.25, 0.3) is 5.91 Å². The van der Waals surface area contributed by atoms with E-state index in [2.05, 4.69) is 5.32 Å². The third-order valence-corrected chi connectivity index (χ3v) is 4.79. The number of nitrogens with zero attached hydrogens (tertiary/aromatic N) is 1. The van der Waals surface area contributed by atoms with Gasteiger partial charge in [-0.1, -0.05) is 18.2 Å². The van der Waals surface area contributed by atoms with Gasteiger partial charge >= 0.3 is 12.1 Å². The number of amides is 2. The van der Waals surface area contributed by atoms with Crippen LogP contribution in [0.2, 0.25) is 0 Å². The predicted molar refractivity (Wildman–Crippen MR) is 111 cm³/mol. The van der Waals surface area contributed by atoms with Crippen molar-refractivity contribution in [1.29, 1.82) is 0 Å². The second kappa shape index (κ2) is 10.3. The number of hydrogen-bond acceptors (Lipinski definition) is 6. The number of hydrogen-bond donors (Lipinski definition) is 1. The molecule has 1 fully saturated rings. The first-order valence-corrected chi connectivity index (χ1v) is 10.2. The van der Waals surface area contributed by atoms with Crippen LogP contribution >= 0.6 is 0 Å². The molecule has 0 aliphatic carbocycles. The molecule has 8 nitrogen and oxygen atoms in total. The zero-order valence-corrected chi connectivity index (χ0v) is 18.4. The molecule has 1 aromatic rings. The summed E-state index contributed by atoms with van der Waals surface area (Å²) in [7, 11) is 1.57. The SMILES string of the molecule is COc1ccccc1CNC(=O)[C@H](C)OC(=O)C1CCN(C(=O)OC(C)(C)C)CC1. The highest BCUT2D eigenvalue weighted by molar-refractivity contribution is 5.84. The summed E-state index contributed by atoms with van der Waals surface area (Å²) < 4.78 is 16.0. The average molecular weight is 421 g/mol. The molecule has 2 amide bonds. The smallest absolute Gasteiger partial charge is 0.410 e. The van der Waals surface area contributed by atoms with Crippen LogP contribution in [0.5, 0.6) is 5.75 Å². The van der Waals surface area contributed by atoms with E-state index in [1.807, 2.05) is 45.0 Å². The van der Waals surface area contributed by atoms with Crippen molar-refractivity contribution in [1.82, 2.24) is 10.2 Å². The third-order valence-electron chi connectivity index (χ3n) is 4.79. The molecular weight excluding hydrogens is 388 g/mol. The molecule has 0 radical (unpaired) electrons. The highest BCUT2D eigenvalue weighted by Crippen LogP contribution is 2.21. The van der Waals surface area contributed by atoms with Gasteiger partial charge < -0.3 is 24.4 Å². The Kier molecular flexibility index (Phi) is 8.08. The van der Waals surface area contributed by atoms with Gasteiger partial charge in [-0.3, -0.25) is 9.59 Å². The number of likely N-dealkylation sites (tertiary alicyclic amines) is 1. The van der Waals surface area contributed by atoms with Crippen LogP contribution in [-0.4, -0.2) is 54.8 Å². The Bertz CT molecular complexity index is 750. The molecule has 1 aliphatic rings. The number of carbonyl (C=O) groups is 3. The lowest BCUT2D eigenvalue weighted by molar-refractivity contribution is -0.160. The van der Waals surface area contributed by atoms with Crippen molar-refractivity contribution in [3.05, 3.63) is 29.8 Å². The highest BCUT2D eigenvalue weighted by atomic mass is 16.6. The highest BCUT2D eigenvalue weighted by Gasteiger charge is 2.32. The number of methoxy groups -OCH3 is 1. The number of nitrogens with one attached hydrogen (secondary N) is 1. The lowest BCUT2D eigenvalue weighted by Crippen LogP contribution is -2.44. The van der Waals surface area contributed by atoms with E-state index < -0.39 is 17.7 Å². The normalized spacial score (nSPS) is 15.8. The van der Waals surface area contributed by atoms with Crippen molar-refractivity contribution >= 4 is 18.0 Å². The minimum absolute atomic E-state index is 0.277. The predicted octanol–water partition coefficient (Wildman–Crippen LogP) is 2.89. The van der Waals surface area contributed by atoms with Crippen molar-refractivity contribution in [3.8, 4) is 5.75 Å². The van der Waals surface area contributed by atoms with E-state index in [9.17, 15) is 14.4 Å². The van der Waals surface area contributed by atoms with E-state index in [1.165, 1.54) is 0 Å². The first kappa shape index (κ1) is 23.5. The summed E-state index contributed by atoms with van der Waals surface area (Å²) in [6.07, 6.45) is -0.323. The maximum absolute atomic E-state index is 12.4. The molecule has 1 heterocycles. The first-order valence-electron chi connectivity index (χ1n) is 10.2. The molecule has 166 valence electrons. The maximum Gasteiger partial charge on any atom is 0.410 e. The minimum atomic E-state index is -0.906. The molecule has 0 unspecified atom stereocenters. The standard InChI is InChI=1S/C22H32N2O6/c1-15(19(25)23-14-17-8-6-7-9-18(17)28-5)29-20(26)16-10-12-24(13-11-16)21(27)30-22(2,3)4/h6-9,15-16H,10-14H2,1-5H3,(H,23,25)/t15-/m0/s1. The summed E-state index contributed by atoms with van der Waals surface area (Å²) in [5.74, 6) is -0.452. The summed E-state index contributed by atoms with van der Waals surface area (Å²) in [4.78, 5) is 38.5. The van der Waals surface area contributed by atoms with Crippen molar-refractivity contribution in [3.63, 3.8) is 0 Å². The van der Waals surface area contributed by atoms with Gasteiger partial charge in [-0.25, -0.2) is 4.79 Å². The molecule has 1 aliphatic heterocycles. The zero-order valence-electron chi connectivity index (χ0n) is 18.4. The van der Waals surface area contributed by atoms with Gasteiger partial charge in [0.05, 0.1) is 13.0 Å². The summed E-state index contributed by atoms with van der Waals surface area (Å²) in [6.45, 7) is 8.11. The fraction of sp³-hybridized carbons (Fsp3) is 0.591. The van der Waals surface area contributed by atoms with E-state index in [4.69, 9.17) is 14.2 Å². The summed E-state index contributed by atoms with van der Waals surface area (Å²) in [6, 6.07) is 7.38. The van der Waals surface area contributed by atoms with Gasteiger partial charge in [0, 0.05) is 25.2 Å². The molecule has 1 N–H and O–H groups in total. The quantitative estimate of drug-likeness (QED) is 0.711. The average Bonchev–Trinajstić information content (AvgIpc) is 2.70. The maximum atomic E-state index is 12.4. The number of carbonyl (C=O) groups excluding carboxylic acids is 3. The summed E-state index contributed by atoms with van der Waals surface area (Å²) >= 11 is 0. The number of esters is 1. The van der Waals surface area contributed by atoms with E-state index >= 15 is 0 Å². The molecule has 0 bridgehead atoms. The Morgan fingerprint density at radius 1 is 1.17 bits per heavy atom. The van der Waals surface area contributed by atoms with E-state index in [0.29, 0.717) is 31.7 Å². The van der Waals surface area contributed by atoms with Crippen molar-refractivity contribution in [2.75, 3.05) is 20.2 Å². The van der Waals surface area contributed by atoms with Crippen LogP contribution in [0.15, 0.2) is 24.3 Å². The largest absolute Gasteiger partial charge is 0.496 e. The van der Waals surface area contributed by atoms with E-state index in [0.717, 1.165) is 5.56 Å². The molecule has 2 rings (SSSR count). The zero-order chi connectivity index (χ0) is 22.3. The molecule has 0 aromatic heterocycles. The van der Waals surface area contributed by atoms with Gasteiger partial charge in [-0.15, -0.1) is 0 Å². The fourth-order valence-electron chi connectivity index (χ4n) is 3.12. The fourth-order valence-corrected chi connectivity index (χ4v) is 3.12. The van der Waals surface area contributed by atoms with Crippen LogP contribution in [0, 0.1) is 5.92 Å². The van der Waals surface area contributed by atoms with Crippen LogP contribution in [-0.2, 0) is 25.6 Å².